The van der Waals surface area contributed by atoms with Gasteiger partial charge in [-0.05, 0) is 57.0 Å². The van der Waals surface area contributed by atoms with Crippen molar-refractivity contribution in [2.45, 2.75) is 44.9 Å². The number of carbonyl (C=O) groups is 2. The summed E-state index contributed by atoms with van der Waals surface area (Å²) in [5.74, 6) is 0.181. The third kappa shape index (κ3) is 6.14. The van der Waals surface area contributed by atoms with Gasteiger partial charge in [-0.25, -0.2) is 9.36 Å². The molecule has 0 unspecified atom stereocenters. The number of thioether (sulfide) groups is 1. The summed E-state index contributed by atoms with van der Waals surface area (Å²) in [6, 6.07) is 11.1. The monoisotopic (exact) mass is 439 g/mol. The van der Waals surface area contributed by atoms with Crippen LogP contribution in [-0.2, 0) is 16.0 Å². The highest BCUT2D eigenvalue weighted by Gasteiger charge is 2.26. The zero-order chi connectivity index (χ0) is 22.4. The van der Waals surface area contributed by atoms with E-state index < -0.39 is 11.7 Å². The van der Waals surface area contributed by atoms with Crippen molar-refractivity contribution in [3.05, 3.63) is 54.4 Å². The highest BCUT2D eigenvalue weighted by molar-refractivity contribution is 7.99. The fourth-order valence-corrected chi connectivity index (χ4v) is 3.40. The zero-order valence-corrected chi connectivity index (χ0v) is 18.8. The van der Waals surface area contributed by atoms with E-state index in [2.05, 4.69) is 27.4 Å². The van der Waals surface area contributed by atoms with Crippen molar-refractivity contribution in [1.29, 1.82) is 0 Å². The molecule has 31 heavy (non-hydrogen) atoms. The molecule has 0 aliphatic rings. The molecule has 3 rings (SSSR count). The lowest BCUT2D eigenvalue weighted by Crippen LogP contribution is -2.28. The third-order valence-corrected chi connectivity index (χ3v) is 5.06. The van der Waals surface area contributed by atoms with Crippen LogP contribution in [0.1, 0.15) is 33.3 Å². The van der Waals surface area contributed by atoms with Gasteiger partial charge in [-0.3, -0.25) is 9.78 Å². The molecule has 0 fully saturated rings. The highest BCUT2D eigenvalue weighted by Crippen LogP contribution is 2.25. The number of nitrogens with zero attached hydrogens (tertiary/aromatic N) is 4. The molecule has 3 aromatic rings. The second-order valence-corrected chi connectivity index (χ2v) is 8.69. The van der Waals surface area contributed by atoms with Gasteiger partial charge in [-0.2, -0.15) is 0 Å². The van der Waals surface area contributed by atoms with Crippen molar-refractivity contribution in [3.8, 4) is 11.4 Å². The van der Waals surface area contributed by atoms with Crippen molar-refractivity contribution < 1.29 is 14.3 Å². The van der Waals surface area contributed by atoms with Gasteiger partial charge in [0.25, 0.3) is 0 Å². The summed E-state index contributed by atoms with van der Waals surface area (Å²) in [6.45, 7) is 7.42. The van der Waals surface area contributed by atoms with Crippen LogP contribution in [0.4, 0.5) is 10.5 Å². The largest absolute Gasteiger partial charge is 0.443 e. The van der Waals surface area contributed by atoms with Gasteiger partial charge < -0.3 is 10.1 Å². The van der Waals surface area contributed by atoms with Crippen LogP contribution in [0.15, 0.2) is 53.9 Å². The molecule has 8 nitrogen and oxygen atoms in total. The molecule has 2 heterocycles. The zero-order valence-electron chi connectivity index (χ0n) is 18.0. The maximum atomic E-state index is 12.9. The minimum atomic E-state index is -0.694. The molecular weight excluding hydrogens is 414 g/mol. The lowest BCUT2D eigenvalue weighted by Gasteiger charge is -2.20. The maximum Gasteiger partial charge on any atom is 0.422 e. The molecule has 2 aromatic heterocycles. The number of pyridine rings is 1. The molecule has 9 heteroatoms. The first kappa shape index (κ1) is 22.5. The van der Waals surface area contributed by atoms with E-state index in [4.69, 9.17) is 4.74 Å². The quantitative estimate of drug-likeness (QED) is 0.568. The second-order valence-electron chi connectivity index (χ2n) is 7.75. The minimum absolute atomic E-state index is 0.0623. The Labute approximate surface area is 185 Å². The van der Waals surface area contributed by atoms with Gasteiger partial charge in [0.2, 0.25) is 11.1 Å². The fourth-order valence-electron chi connectivity index (χ4n) is 2.67. The molecule has 0 spiro atoms. The van der Waals surface area contributed by atoms with Gasteiger partial charge in [0.1, 0.15) is 5.60 Å². The first-order valence-electron chi connectivity index (χ1n) is 9.87. The van der Waals surface area contributed by atoms with Crippen molar-refractivity contribution in [3.63, 3.8) is 0 Å². The maximum absolute atomic E-state index is 12.9. The van der Waals surface area contributed by atoms with Crippen LogP contribution in [0, 0.1) is 0 Å². The number of rotatable bonds is 6. The molecule has 0 radical (unpaired) electrons. The molecule has 0 bridgehead atoms. The van der Waals surface area contributed by atoms with Crippen LogP contribution in [0.5, 0.6) is 0 Å². The first-order chi connectivity index (χ1) is 14.8. The van der Waals surface area contributed by atoms with Gasteiger partial charge in [0, 0.05) is 23.6 Å². The van der Waals surface area contributed by atoms with Crippen LogP contribution < -0.4 is 5.32 Å². The molecule has 0 atom stereocenters. The number of ether oxygens (including phenoxy) is 1. The van der Waals surface area contributed by atoms with E-state index in [0.29, 0.717) is 17.1 Å². The predicted octanol–water partition coefficient (Wildman–Crippen LogP) is 4.42. The molecule has 1 amide bonds. The van der Waals surface area contributed by atoms with Crippen LogP contribution in [0.25, 0.3) is 11.4 Å². The SMILES string of the molecule is CCc1ccc(NC(=O)CSc2nnc(-c3ccncc3)n2C(=O)OC(C)(C)C)cc1. The number of nitrogens with one attached hydrogen (secondary N) is 1. The minimum Gasteiger partial charge on any atom is -0.443 e. The standard InChI is InChI=1S/C22H25N5O3S/c1-5-15-6-8-17(9-7-15)24-18(28)14-31-20-26-25-19(16-10-12-23-13-11-16)27(20)21(29)30-22(2,3)4/h6-13H,5,14H2,1-4H3,(H,24,28). The summed E-state index contributed by atoms with van der Waals surface area (Å²) in [5, 5.41) is 11.4. The van der Waals surface area contributed by atoms with Crippen molar-refractivity contribution in [2.75, 3.05) is 11.1 Å². The molecule has 0 saturated heterocycles. The van der Waals surface area contributed by atoms with Crippen LogP contribution in [0.2, 0.25) is 0 Å². The molecule has 0 saturated carbocycles. The Bertz CT molecular complexity index is 1040. The number of hydrogen-bond acceptors (Lipinski definition) is 7. The number of hydrogen-bond donors (Lipinski definition) is 1. The van der Waals surface area contributed by atoms with E-state index in [1.807, 2.05) is 24.3 Å². The van der Waals surface area contributed by atoms with Gasteiger partial charge >= 0.3 is 6.09 Å². The van der Waals surface area contributed by atoms with Crippen LogP contribution in [0.3, 0.4) is 0 Å². The second kappa shape index (κ2) is 9.74. The van der Waals surface area contributed by atoms with E-state index in [-0.39, 0.29) is 16.8 Å². The van der Waals surface area contributed by atoms with E-state index in [9.17, 15) is 9.59 Å². The molecule has 0 aliphatic carbocycles. The van der Waals surface area contributed by atoms with E-state index in [1.165, 1.54) is 10.1 Å². The molecule has 0 aliphatic heterocycles. The molecule has 1 aromatic carbocycles. The van der Waals surface area contributed by atoms with Crippen LogP contribution in [-0.4, -0.2) is 43.1 Å². The van der Waals surface area contributed by atoms with Crippen molar-refractivity contribution in [1.82, 2.24) is 19.7 Å². The number of anilines is 1. The highest BCUT2D eigenvalue weighted by atomic mass is 32.2. The van der Waals surface area contributed by atoms with Crippen molar-refractivity contribution in [2.24, 2.45) is 0 Å². The Morgan fingerprint density at radius 2 is 1.74 bits per heavy atom. The Balaban J connectivity index is 1.77. The number of carbonyl (C=O) groups excluding carboxylic acids is 2. The van der Waals surface area contributed by atoms with E-state index >= 15 is 0 Å². The van der Waals surface area contributed by atoms with Gasteiger partial charge in [-0.15, -0.1) is 10.2 Å². The fraction of sp³-hybridized carbons (Fsp3) is 0.318. The van der Waals surface area contributed by atoms with Gasteiger partial charge in [-0.1, -0.05) is 30.8 Å². The average Bonchev–Trinajstić information content (AvgIpc) is 3.16. The van der Waals surface area contributed by atoms with Gasteiger partial charge in [0.15, 0.2) is 5.82 Å². The molecule has 162 valence electrons. The Hall–Kier alpha value is -3.20. The Kier molecular flexibility index (Phi) is 7.06. The summed E-state index contributed by atoms with van der Waals surface area (Å²) >= 11 is 1.11. The topological polar surface area (TPSA) is 99.0 Å². The third-order valence-electron chi connectivity index (χ3n) is 4.13. The number of benzene rings is 1. The first-order valence-corrected chi connectivity index (χ1v) is 10.9. The Morgan fingerprint density at radius 3 is 2.35 bits per heavy atom. The van der Waals surface area contributed by atoms with Gasteiger partial charge in [0.05, 0.1) is 5.75 Å². The number of amides is 1. The smallest absolute Gasteiger partial charge is 0.422 e. The summed E-state index contributed by atoms with van der Waals surface area (Å²) in [6.07, 6.45) is 3.54. The lowest BCUT2D eigenvalue weighted by molar-refractivity contribution is -0.113. The normalized spacial score (nSPS) is 11.2. The van der Waals surface area contributed by atoms with Crippen LogP contribution >= 0.6 is 11.8 Å². The Morgan fingerprint density at radius 1 is 1.06 bits per heavy atom. The average molecular weight is 440 g/mol. The summed E-state index contributed by atoms with van der Waals surface area (Å²) < 4.78 is 6.81. The summed E-state index contributed by atoms with van der Waals surface area (Å²) in [7, 11) is 0. The molecule has 1 N–H and O–H groups in total. The number of aromatic nitrogens is 4. The molecular formula is C22H25N5O3S. The summed E-state index contributed by atoms with van der Waals surface area (Å²) in [4.78, 5) is 29.3. The predicted molar refractivity (Wildman–Crippen MR) is 120 cm³/mol. The van der Waals surface area contributed by atoms with E-state index in [0.717, 1.165) is 18.2 Å². The van der Waals surface area contributed by atoms with Crippen molar-refractivity contribution >= 4 is 29.4 Å². The van der Waals surface area contributed by atoms with E-state index in [1.54, 1.807) is 45.3 Å². The lowest BCUT2D eigenvalue weighted by atomic mass is 10.1. The number of aryl methyl sites for hydroxylation is 1. The summed E-state index contributed by atoms with van der Waals surface area (Å²) in [5.41, 5.74) is 1.89.